The number of benzene rings is 3. The van der Waals surface area contributed by atoms with Crippen molar-refractivity contribution in [2.45, 2.75) is 52.4 Å². The molecule has 3 aromatic carbocycles. The molecular formula is C36H35N3. The Bertz CT molecular complexity index is 1630. The van der Waals surface area contributed by atoms with Gasteiger partial charge in [-0.3, -0.25) is 4.98 Å². The number of pyridine rings is 1. The average Bonchev–Trinajstić information content (AvgIpc) is 3.07. The minimum Gasteiger partial charge on any atom is -0.256 e. The van der Waals surface area contributed by atoms with Gasteiger partial charge in [0.25, 0.3) is 0 Å². The molecule has 2 aromatic heterocycles. The first kappa shape index (κ1) is 25.2. The van der Waals surface area contributed by atoms with Gasteiger partial charge in [0.2, 0.25) is 0 Å². The lowest BCUT2D eigenvalue weighted by molar-refractivity contribution is 0.125. The zero-order valence-corrected chi connectivity index (χ0v) is 23.7. The first-order valence-corrected chi connectivity index (χ1v) is 13.7. The van der Waals surface area contributed by atoms with Crippen molar-refractivity contribution in [3.63, 3.8) is 0 Å². The van der Waals surface area contributed by atoms with Crippen LogP contribution in [0.4, 0.5) is 0 Å². The molecule has 39 heavy (non-hydrogen) atoms. The van der Waals surface area contributed by atoms with Gasteiger partial charge >= 0.3 is 0 Å². The Hall–Kier alpha value is -4.11. The van der Waals surface area contributed by atoms with E-state index in [2.05, 4.69) is 118 Å². The fourth-order valence-electron chi connectivity index (χ4n) is 6.02. The summed E-state index contributed by atoms with van der Waals surface area (Å²) in [6, 6.07) is 29.8. The van der Waals surface area contributed by atoms with E-state index in [9.17, 15) is 0 Å². The minimum absolute atomic E-state index is 0.0785. The molecule has 1 aliphatic rings. The van der Waals surface area contributed by atoms with Crippen LogP contribution in [0.1, 0.15) is 52.7 Å². The standard InChI is InChI=1S/C36H35N3/c1-34(2)30-18-16-27(20-31(30)35(3,4)36(34,5)6)32-19-17-28(21-37-32)25-12-14-26(15-13-25)33-38-22-29(23-39-33)24-10-8-7-9-11-24/h7-23H,1-6H3. The molecule has 3 nitrogen and oxygen atoms in total. The number of nitrogens with zero attached hydrogens (tertiary/aromatic N) is 3. The quantitative estimate of drug-likeness (QED) is 0.242. The molecule has 1 aliphatic carbocycles. The van der Waals surface area contributed by atoms with E-state index >= 15 is 0 Å². The fraction of sp³-hybridized carbons (Fsp3) is 0.250. The summed E-state index contributed by atoms with van der Waals surface area (Å²) in [6.45, 7) is 14.3. The topological polar surface area (TPSA) is 38.7 Å². The predicted molar refractivity (Wildman–Crippen MR) is 161 cm³/mol. The molecule has 0 saturated heterocycles. The molecule has 194 valence electrons. The molecular weight excluding hydrogens is 474 g/mol. The Labute approximate surface area is 232 Å². The summed E-state index contributed by atoms with van der Waals surface area (Å²) in [4.78, 5) is 14.1. The van der Waals surface area contributed by atoms with Crippen LogP contribution in [0.25, 0.3) is 44.9 Å². The molecule has 0 bridgehead atoms. The van der Waals surface area contributed by atoms with Gasteiger partial charge in [0.05, 0.1) is 5.69 Å². The molecule has 5 aromatic rings. The summed E-state index contributed by atoms with van der Waals surface area (Å²) in [7, 11) is 0. The molecule has 0 unspecified atom stereocenters. The number of rotatable bonds is 4. The van der Waals surface area contributed by atoms with Gasteiger partial charge in [0, 0.05) is 40.8 Å². The lowest BCUT2D eigenvalue weighted by Crippen LogP contribution is -2.42. The lowest BCUT2D eigenvalue weighted by Gasteiger charge is -2.44. The highest BCUT2D eigenvalue weighted by Gasteiger charge is 2.56. The highest BCUT2D eigenvalue weighted by atomic mass is 14.9. The third-order valence-corrected chi connectivity index (χ3v) is 9.79. The molecule has 0 aliphatic heterocycles. The maximum atomic E-state index is 4.87. The first-order valence-electron chi connectivity index (χ1n) is 13.7. The molecule has 6 rings (SSSR count). The molecule has 0 N–H and O–H groups in total. The van der Waals surface area contributed by atoms with Crippen LogP contribution in [-0.4, -0.2) is 15.0 Å². The Morgan fingerprint density at radius 3 is 1.62 bits per heavy atom. The summed E-state index contributed by atoms with van der Waals surface area (Å²) in [5, 5.41) is 0. The third kappa shape index (κ3) is 3.99. The summed E-state index contributed by atoms with van der Waals surface area (Å²) < 4.78 is 0. The van der Waals surface area contributed by atoms with Gasteiger partial charge in [-0.2, -0.15) is 0 Å². The predicted octanol–water partition coefficient (Wildman–Crippen LogP) is 9.13. The van der Waals surface area contributed by atoms with Crippen LogP contribution >= 0.6 is 0 Å². The van der Waals surface area contributed by atoms with E-state index in [0.717, 1.165) is 39.3 Å². The summed E-state index contributed by atoms with van der Waals surface area (Å²) in [5.74, 6) is 0.723. The van der Waals surface area contributed by atoms with Crippen molar-refractivity contribution >= 4 is 0 Å². The second kappa shape index (κ2) is 8.98. The van der Waals surface area contributed by atoms with Crippen LogP contribution in [0.2, 0.25) is 0 Å². The van der Waals surface area contributed by atoms with Crippen LogP contribution in [0.3, 0.4) is 0 Å². The van der Waals surface area contributed by atoms with Crippen molar-refractivity contribution in [1.29, 1.82) is 0 Å². The van der Waals surface area contributed by atoms with Gasteiger partial charge in [-0.1, -0.05) is 114 Å². The van der Waals surface area contributed by atoms with E-state index in [1.807, 2.05) is 36.8 Å². The van der Waals surface area contributed by atoms with Crippen LogP contribution in [0, 0.1) is 5.41 Å². The van der Waals surface area contributed by atoms with Crippen LogP contribution in [0.5, 0.6) is 0 Å². The van der Waals surface area contributed by atoms with Gasteiger partial charge in [-0.15, -0.1) is 0 Å². The zero-order chi connectivity index (χ0) is 27.4. The molecule has 0 spiro atoms. The molecule has 0 amide bonds. The Kier molecular flexibility index (Phi) is 5.80. The molecule has 3 heteroatoms. The highest BCUT2D eigenvalue weighted by molar-refractivity contribution is 5.71. The number of hydrogen-bond acceptors (Lipinski definition) is 3. The summed E-state index contributed by atoms with van der Waals surface area (Å²) >= 11 is 0. The number of fused-ring (bicyclic) bond motifs is 1. The summed E-state index contributed by atoms with van der Waals surface area (Å²) in [5.41, 5.74) is 10.8. The molecule has 0 saturated carbocycles. The SMILES string of the molecule is CC1(C)c2ccc(-c3ccc(-c4ccc(-c5ncc(-c6ccccc6)cn5)cc4)cn3)cc2C(C)(C)C1(C)C. The Morgan fingerprint density at radius 2 is 0.974 bits per heavy atom. The van der Waals surface area contributed by atoms with E-state index in [4.69, 9.17) is 4.98 Å². The van der Waals surface area contributed by atoms with E-state index < -0.39 is 0 Å². The van der Waals surface area contributed by atoms with Crippen LogP contribution in [0.15, 0.2) is 104 Å². The first-order chi connectivity index (χ1) is 18.6. The van der Waals surface area contributed by atoms with Crippen molar-refractivity contribution in [3.8, 4) is 44.9 Å². The fourth-order valence-corrected chi connectivity index (χ4v) is 6.02. The normalized spacial score (nSPS) is 16.6. The van der Waals surface area contributed by atoms with Gasteiger partial charge < -0.3 is 0 Å². The minimum atomic E-state index is 0.0785. The second-order valence-electron chi connectivity index (χ2n) is 12.3. The average molecular weight is 510 g/mol. The van der Waals surface area contributed by atoms with Crippen molar-refractivity contribution in [3.05, 3.63) is 115 Å². The van der Waals surface area contributed by atoms with Crippen molar-refractivity contribution in [1.82, 2.24) is 15.0 Å². The van der Waals surface area contributed by atoms with Crippen molar-refractivity contribution in [2.75, 3.05) is 0 Å². The van der Waals surface area contributed by atoms with E-state index in [1.54, 1.807) is 0 Å². The Balaban J connectivity index is 1.23. The third-order valence-electron chi connectivity index (χ3n) is 9.79. The summed E-state index contributed by atoms with van der Waals surface area (Å²) in [6.07, 6.45) is 5.74. The molecule has 2 heterocycles. The second-order valence-corrected chi connectivity index (χ2v) is 12.3. The molecule has 0 fully saturated rings. The lowest BCUT2D eigenvalue weighted by atomic mass is 9.59. The Morgan fingerprint density at radius 1 is 0.436 bits per heavy atom. The van der Waals surface area contributed by atoms with E-state index in [0.29, 0.717) is 0 Å². The van der Waals surface area contributed by atoms with E-state index in [1.165, 1.54) is 16.7 Å². The van der Waals surface area contributed by atoms with Gasteiger partial charge in [-0.25, -0.2) is 9.97 Å². The van der Waals surface area contributed by atoms with Crippen molar-refractivity contribution < 1.29 is 0 Å². The molecule has 0 radical (unpaired) electrons. The smallest absolute Gasteiger partial charge is 0.159 e. The monoisotopic (exact) mass is 509 g/mol. The van der Waals surface area contributed by atoms with Crippen LogP contribution in [-0.2, 0) is 10.8 Å². The largest absolute Gasteiger partial charge is 0.256 e. The van der Waals surface area contributed by atoms with Gasteiger partial charge in [0.1, 0.15) is 0 Å². The number of hydrogen-bond donors (Lipinski definition) is 0. The van der Waals surface area contributed by atoms with Crippen molar-refractivity contribution in [2.24, 2.45) is 5.41 Å². The maximum absolute atomic E-state index is 4.87. The van der Waals surface area contributed by atoms with E-state index in [-0.39, 0.29) is 16.2 Å². The van der Waals surface area contributed by atoms with Crippen LogP contribution < -0.4 is 0 Å². The van der Waals surface area contributed by atoms with Gasteiger partial charge in [-0.05, 0) is 50.6 Å². The zero-order valence-electron chi connectivity index (χ0n) is 23.7. The number of aromatic nitrogens is 3. The maximum Gasteiger partial charge on any atom is 0.159 e. The highest BCUT2D eigenvalue weighted by Crippen LogP contribution is 2.61. The van der Waals surface area contributed by atoms with Gasteiger partial charge in [0.15, 0.2) is 5.82 Å². The molecule has 0 atom stereocenters.